The summed E-state index contributed by atoms with van der Waals surface area (Å²) >= 11 is 0. The monoisotopic (exact) mass is 275 g/mol. The molecule has 0 saturated carbocycles. The van der Waals surface area contributed by atoms with Crippen molar-refractivity contribution >= 4 is 17.0 Å². The van der Waals surface area contributed by atoms with Gasteiger partial charge in [0, 0.05) is 19.2 Å². The van der Waals surface area contributed by atoms with E-state index < -0.39 is 0 Å². The fourth-order valence-electron chi connectivity index (χ4n) is 2.80. The number of nitrogen functional groups attached to an aromatic ring is 1. The lowest BCUT2D eigenvalue weighted by Gasteiger charge is -2.22. The summed E-state index contributed by atoms with van der Waals surface area (Å²) in [5, 5.41) is 0. The maximum absolute atomic E-state index is 6.03. The fourth-order valence-corrected chi connectivity index (χ4v) is 2.80. The number of benzene rings is 1. The lowest BCUT2D eigenvalue weighted by Crippen LogP contribution is -2.21. The molecule has 20 heavy (non-hydrogen) atoms. The van der Waals surface area contributed by atoms with Gasteiger partial charge < -0.3 is 19.8 Å². The number of nitrogens with zero attached hydrogens (tertiary/aromatic N) is 2. The Morgan fingerprint density at radius 2 is 2.35 bits per heavy atom. The predicted molar refractivity (Wildman–Crippen MR) is 78.9 cm³/mol. The third-order valence-corrected chi connectivity index (χ3v) is 3.93. The second kappa shape index (κ2) is 5.71. The highest BCUT2D eigenvalue weighted by atomic mass is 16.5. The largest absolute Gasteiger partial charge is 0.497 e. The summed E-state index contributed by atoms with van der Waals surface area (Å²) in [6.07, 6.45) is 4.95. The SMILES string of the molecule is COc1ccc2c(c1)nc(N)n2CCC1CCCCO1. The molecule has 1 saturated heterocycles. The number of aryl methyl sites for hydroxylation is 1. The van der Waals surface area contributed by atoms with Gasteiger partial charge in [-0.3, -0.25) is 0 Å². The highest BCUT2D eigenvalue weighted by Gasteiger charge is 2.15. The summed E-state index contributed by atoms with van der Waals surface area (Å²) < 4.78 is 13.0. The molecule has 1 fully saturated rings. The molecule has 2 heterocycles. The van der Waals surface area contributed by atoms with Crippen LogP contribution in [0.25, 0.3) is 11.0 Å². The summed E-state index contributed by atoms with van der Waals surface area (Å²) in [6, 6.07) is 5.87. The van der Waals surface area contributed by atoms with Crippen LogP contribution in [0.15, 0.2) is 18.2 Å². The number of rotatable bonds is 4. The molecule has 0 bridgehead atoms. The van der Waals surface area contributed by atoms with E-state index >= 15 is 0 Å². The Kier molecular flexibility index (Phi) is 3.78. The molecule has 5 nitrogen and oxygen atoms in total. The second-order valence-corrected chi connectivity index (χ2v) is 5.25. The number of nitrogens with two attached hydrogens (primary N) is 1. The van der Waals surface area contributed by atoms with Crippen LogP contribution in [0, 0.1) is 0 Å². The van der Waals surface area contributed by atoms with Crippen LogP contribution >= 0.6 is 0 Å². The third kappa shape index (κ3) is 2.58. The molecule has 2 aromatic rings. The minimum absolute atomic E-state index is 0.360. The lowest BCUT2D eigenvalue weighted by atomic mass is 10.1. The van der Waals surface area contributed by atoms with Crippen molar-refractivity contribution in [1.82, 2.24) is 9.55 Å². The van der Waals surface area contributed by atoms with Gasteiger partial charge in [-0.2, -0.15) is 0 Å². The van der Waals surface area contributed by atoms with Gasteiger partial charge in [-0.1, -0.05) is 0 Å². The van der Waals surface area contributed by atoms with Gasteiger partial charge in [0.05, 0.1) is 24.2 Å². The number of imidazole rings is 1. The van der Waals surface area contributed by atoms with E-state index in [4.69, 9.17) is 15.2 Å². The summed E-state index contributed by atoms with van der Waals surface area (Å²) in [5.41, 5.74) is 7.97. The number of fused-ring (bicyclic) bond motifs is 1. The number of methoxy groups -OCH3 is 1. The van der Waals surface area contributed by atoms with Crippen LogP contribution in [0.1, 0.15) is 25.7 Å². The molecule has 5 heteroatoms. The van der Waals surface area contributed by atoms with E-state index in [1.165, 1.54) is 12.8 Å². The summed E-state index contributed by atoms with van der Waals surface area (Å²) in [5.74, 6) is 1.36. The van der Waals surface area contributed by atoms with Gasteiger partial charge >= 0.3 is 0 Å². The van der Waals surface area contributed by atoms with Gasteiger partial charge in [-0.25, -0.2) is 4.98 Å². The highest BCUT2D eigenvalue weighted by Crippen LogP contribution is 2.24. The van der Waals surface area contributed by atoms with Crippen LogP contribution in [-0.2, 0) is 11.3 Å². The van der Waals surface area contributed by atoms with Crippen molar-refractivity contribution in [3.63, 3.8) is 0 Å². The Morgan fingerprint density at radius 1 is 1.45 bits per heavy atom. The van der Waals surface area contributed by atoms with Gasteiger partial charge in [0.15, 0.2) is 0 Å². The molecule has 0 aliphatic carbocycles. The van der Waals surface area contributed by atoms with E-state index in [2.05, 4.69) is 9.55 Å². The van der Waals surface area contributed by atoms with Gasteiger partial charge in [-0.15, -0.1) is 0 Å². The second-order valence-electron chi connectivity index (χ2n) is 5.25. The number of aromatic nitrogens is 2. The van der Waals surface area contributed by atoms with Gasteiger partial charge in [-0.05, 0) is 37.8 Å². The molecular formula is C15H21N3O2. The van der Waals surface area contributed by atoms with Crippen LogP contribution < -0.4 is 10.5 Å². The van der Waals surface area contributed by atoms with Crippen LogP contribution in [0.2, 0.25) is 0 Å². The normalized spacial score (nSPS) is 19.4. The molecule has 1 aromatic carbocycles. The first kappa shape index (κ1) is 13.2. The van der Waals surface area contributed by atoms with Crippen LogP contribution in [-0.4, -0.2) is 29.4 Å². The lowest BCUT2D eigenvalue weighted by molar-refractivity contribution is 0.00906. The minimum Gasteiger partial charge on any atom is -0.497 e. The Hall–Kier alpha value is -1.75. The summed E-state index contributed by atoms with van der Waals surface area (Å²) in [6.45, 7) is 1.74. The zero-order valence-electron chi connectivity index (χ0n) is 11.8. The van der Waals surface area contributed by atoms with E-state index in [1.54, 1.807) is 7.11 Å². The first-order valence-corrected chi connectivity index (χ1v) is 7.19. The zero-order valence-corrected chi connectivity index (χ0v) is 11.8. The van der Waals surface area contributed by atoms with Crippen molar-refractivity contribution < 1.29 is 9.47 Å². The molecule has 1 atom stereocenters. The van der Waals surface area contributed by atoms with Gasteiger partial charge in [0.1, 0.15) is 5.75 Å². The van der Waals surface area contributed by atoms with Crippen molar-refractivity contribution in [2.75, 3.05) is 19.5 Å². The number of anilines is 1. The molecule has 2 N–H and O–H groups in total. The van der Waals surface area contributed by atoms with Crippen molar-refractivity contribution in [1.29, 1.82) is 0 Å². The van der Waals surface area contributed by atoms with Crippen LogP contribution in [0.4, 0.5) is 5.95 Å². The van der Waals surface area contributed by atoms with E-state index in [0.29, 0.717) is 12.1 Å². The number of ether oxygens (including phenoxy) is 2. The molecule has 1 unspecified atom stereocenters. The smallest absolute Gasteiger partial charge is 0.201 e. The van der Waals surface area contributed by atoms with Gasteiger partial charge in [0.25, 0.3) is 0 Å². The molecule has 0 amide bonds. The maximum atomic E-state index is 6.03. The fraction of sp³-hybridized carbons (Fsp3) is 0.533. The van der Waals surface area contributed by atoms with Crippen molar-refractivity contribution in [3.8, 4) is 5.75 Å². The quantitative estimate of drug-likeness (QED) is 0.931. The van der Waals surface area contributed by atoms with E-state index in [-0.39, 0.29) is 0 Å². The Bertz CT molecular complexity index is 588. The first-order valence-electron chi connectivity index (χ1n) is 7.19. The average Bonchev–Trinajstić information content (AvgIpc) is 2.80. The van der Waals surface area contributed by atoms with E-state index in [0.717, 1.165) is 42.8 Å². The molecular weight excluding hydrogens is 254 g/mol. The predicted octanol–water partition coefficient (Wildman–Crippen LogP) is 2.59. The molecule has 0 spiro atoms. The van der Waals surface area contributed by atoms with Crippen molar-refractivity contribution in [3.05, 3.63) is 18.2 Å². The number of hydrogen-bond acceptors (Lipinski definition) is 4. The minimum atomic E-state index is 0.360. The zero-order chi connectivity index (χ0) is 13.9. The molecule has 3 rings (SSSR count). The first-order chi connectivity index (χ1) is 9.78. The maximum Gasteiger partial charge on any atom is 0.201 e. The summed E-state index contributed by atoms with van der Waals surface area (Å²) in [7, 11) is 1.65. The molecule has 1 aromatic heterocycles. The van der Waals surface area contributed by atoms with Crippen molar-refractivity contribution in [2.45, 2.75) is 38.3 Å². The molecule has 0 radical (unpaired) electrons. The molecule has 108 valence electrons. The Labute approximate surface area is 118 Å². The van der Waals surface area contributed by atoms with Crippen LogP contribution in [0.3, 0.4) is 0 Å². The topological polar surface area (TPSA) is 62.3 Å². The number of hydrogen-bond donors (Lipinski definition) is 1. The molecule has 1 aliphatic heterocycles. The standard InChI is InChI=1S/C15H21N3O2/c1-19-12-5-6-14-13(10-12)17-15(16)18(14)8-7-11-4-2-3-9-20-11/h5-6,10-11H,2-4,7-9H2,1H3,(H2,16,17). The van der Waals surface area contributed by atoms with E-state index in [1.807, 2.05) is 18.2 Å². The highest BCUT2D eigenvalue weighted by molar-refractivity contribution is 5.79. The van der Waals surface area contributed by atoms with Gasteiger partial charge in [0.2, 0.25) is 5.95 Å². The van der Waals surface area contributed by atoms with Crippen molar-refractivity contribution in [2.24, 2.45) is 0 Å². The Morgan fingerprint density at radius 3 is 3.10 bits per heavy atom. The third-order valence-electron chi connectivity index (χ3n) is 3.93. The molecule has 1 aliphatic rings. The average molecular weight is 275 g/mol. The Balaban J connectivity index is 1.78. The van der Waals surface area contributed by atoms with E-state index in [9.17, 15) is 0 Å². The van der Waals surface area contributed by atoms with Crippen LogP contribution in [0.5, 0.6) is 5.75 Å². The summed E-state index contributed by atoms with van der Waals surface area (Å²) in [4.78, 5) is 4.41.